The number of amides is 2. The van der Waals surface area contributed by atoms with Crippen LogP contribution in [0.4, 0.5) is 11.4 Å². The molecule has 1 saturated heterocycles. The van der Waals surface area contributed by atoms with Gasteiger partial charge in [0.25, 0.3) is 5.91 Å². The first kappa shape index (κ1) is 19.1. The number of nitrogens with one attached hydrogen (secondary N) is 1. The SMILES string of the molecule is COc1cccc(/C(C)=C2\SC(=S)N(c3ccc(NC(C)=O)cc3)C2=O)c1. The van der Waals surface area contributed by atoms with Crippen LogP contribution in [0.1, 0.15) is 19.4 Å². The van der Waals surface area contributed by atoms with Gasteiger partial charge in [0, 0.05) is 12.6 Å². The standard InChI is InChI=1S/C20H18N2O3S2/c1-12(14-5-4-6-17(11-14)25-3)18-19(24)22(20(26)27-18)16-9-7-15(8-10-16)21-13(2)23/h4-11H,1-3H3,(H,21,23)/b18-12-. The minimum Gasteiger partial charge on any atom is -0.497 e. The first-order chi connectivity index (χ1) is 12.9. The lowest BCUT2D eigenvalue weighted by atomic mass is 10.1. The smallest absolute Gasteiger partial charge is 0.271 e. The van der Waals surface area contributed by atoms with Crippen LogP contribution in [-0.4, -0.2) is 23.2 Å². The molecular formula is C20H18N2O3S2. The van der Waals surface area contributed by atoms with Crippen LogP contribution in [0.5, 0.6) is 5.75 Å². The van der Waals surface area contributed by atoms with Crippen LogP contribution in [0.25, 0.3) is 5.57 Å². The van der Waals surface area contributed by atoms with Crippen molar-refractivity contribution in [2.24, 2.45) is 0 Å². The molecule has 2 aromatic carbocycles. The molecule has 5 nitrogen and oxygen atoms in total. The van der Waals surface area contributed by atoms with Crippen LogP contribution in [0.3, 0.4) is 0 Å². The highest BCUT2D eigenvalue weighted by molar-refractivity contribution is 8.27. The van der Waals surface area contributed by atoms with E-state index >= 15 is 0 Å². The number of allylic oxidation sites excluding steroid dienone is 1. The predicted octanol–water partition coefficient (Wildman–Crippen LogP) is 4.45. The number of hydrogen-bond acceptors (Lipinski definition) is 5. The summed E-state index contributed by atoms with van der Waals surface area (Å²) in [5, 5.41) is 2.70. The first-order valence-electron chi connectivity index (χ1n) is 8.20. The fourth-order valence-electron chi connectivity index (χ4n) is 2.71. The molecule has 27 heavy (non-hydrogen) atoms. The second-order valence-electron chi connectivity index (χ2n) is 5.92. The lowest BCUT2D eigenvalue weighted by Gasteiger charge is -2.15. The molecule has 0 saturated carbocycles. The molecule has 0 aromatic heterocycles. The quantitative estimate of drug-likeness (QED) is 0.609. The van der Waals surface area contributed by atoms with Crippen molar-refractivity contribution >= 4 is 57.1 Å². The van der Waals surface area contributed by atoms with Gasteiger partial charge in [-0.3, -0.25) is 14.5 Å². The third kappa shape index (κ3) is 4.04. The van der Waals surface area contributed by atoms with E-state index in [9.17, 15) is 9.59 Å². The van der Waals surface area contributed by atoms with Crippen molar-refractivity contribution in [3.63, 3.8) is 0 Å². The zero-order valence-corrected chi connectivity index (χ0v) is 16.7. The molecule has 1 aliphatic rings. The summed E-state index contributed by atoms with van der Waals surface area (Å²) in [6.45, 7) is 3.35. The summed E-state index contributed by atoms with van der Waals surface area (Å²) in [6, 6.07) is 14.6. The van der Waals surface area contributed by atoms with Gasteiger partial charge in [0.05, 0.1) is 17.7 Å². The van der Waals surface area contributed by atoms with E-state index in [0.29, 0.717) is 20.6 Å². The molecule has 2 aromatic rings. The third-order valence-corrected chi connectivity index (χ3v) is 5.53. The zero-order chi connectivity index (χ0) is 19.6. The van der Waals surface area contributed by atoms with E-state index in [0.717, 1.165) is 16.9 Å². The molecule has 1 aliphatic heterocycles. The number of nitrogens with zero attached hydrogens (tertiary/aromatic N) is 1. The molecule has 1 heterocycles. The molecule has 1 N–H and O–H groups in total. The molecule has 3 rings (SSSR count). The number of rotatable bonds is 4. The fraction of sp³-hybridized carbons (Fsp3) is 0.150. The summed E-state index contributed by atoms with van der Waals surface area (Å²) in [6.07, 6.45) is 0. The van der Waals surface area contributed by atoms with Gasteiger partial charge in [-0.1, -0.05) is 36.1 Å². The first-order valence-corrected chi connectivity index (χ1v) is 9.42. The number of thiocarbonyl (C=S) groups is 1. The van der Waals surface area contributed by atoms with Crippen molar-refractivity contribution in [1.82, 2.24) is 0 Å². The number of carbonyl (C=O) groups is 2. The molecule has 0 unspecified atom stereocenters. The Hall–Kier alpha value is -2.64. The molecule has 138 valence electrons. The Morgan fingerprint density at radius 3 is 2.48 bits per heavy atom. The molecule has 7 heteroatoms. The van der Waals surface area contributed by atoms with Crippen LogP contribution < -0.4 is 15.0 Å². The van der Waals surface area contributed by atoms with Crippen molar-refractivity contribution in [1.29, 1.82) is 0 Å². The Balaban J connectivity index is 1.91. The minimum atomic E-state index is -0.155. The van der Waals surface area contributed by atoms with Crippen LogP contribution in [-0.2, 0) is 9.59 Å². The number of benzene rings is 2. The molecule has 0 radical (unpaired) electrons. The maximum Gasteiger partial charge on any atom is 0.271 e. The Bertz CT molecular complexity index is 952. The number of ether oxygens (including phenoxy) is 1. The van der Waals surface area contributed by atoms with E-state index < -0.39 is 0 Å². The Morgan fingerprint density at radius 1 is 1.15 bits per heavy atom. The molecule has 0 spiro atoms. The highest BCUT2D eigenvalue weighted by Gasteiger charge is 2.34. The molecule has 1 fully saturated rings. The number of carbonyl (C=O) groups excluding carboxylic acids is 2. The van der Waals surface area contributed by atoms with Gasteiger partial charge in [-0.15, -0.1) is 0 Å². The fourth-order valence-corrected chi connectivity index (χ4v) is 4.05. The predicted molar refractivity (Wildman–Crippen MR) is 114 cm³/mol. The zero-order valence-electron chi connectivity index (χ0n) is 15.1. The van der Waals surface area contributed by atoms with E-state index in [2.05, 4.69) is 5.32 Å². The van der Waals surface area contributed by atoms with Gasteiger partial charge in [0.1, 0.15) is 5.75 Å². The lowest BCUT2D eigenvalue weighted by molar-refractivity contribution is -0.114. The summed E-state index contributed by atoms with van der Waals surface area (Å²) >= 11 is 6.72. The van der Waals surface area contributed by atoms with Crippen molar-refractivity contribution in [2.75, 3.05) is 17.3 Å². The van der Waals surface area contributed by atoms with Gasteiger partial charge >= 0.3 is 0 Å². The number of thioether (sulfide) groups is 1. The topological polar surface area (TPSA) is 58.6 Å². The normalized spacial score (nSPS) is 15.7. The molecule has 0 bridgehead atoms. The van der Waals surface area contributed by atoms with E-state index in [4.69, 9.17) is 17.0 Å². The van der Waals surface area contributed by atoms with Crippen molar-refractivity contribution in [2.45, 2.75) is 13.8 Å². The average Bonchev–Trinajstić information content (AvgIpc) is 2.96. The molecule has 0 aliphatic carbocycles. The van der Waals surface area contributed by atoms with Crippen molar-refractivity contribution in [3.8, 4) is 5.75 Å². The summed E-state index contributed by atoms with van der Waals surface area (Å²) in [5.41, 5.74) is 3.10. The van der Waals surface area contributed by atoms with E-state index in [1.165, 1.54) is 23.6 Å². The van der Waals surface area contributed by atoms with Crippen LogP contribution in [0, 0.1) is 0 Å². The Kier molecular flexibility index (Phi) is 5.62. The largest absolute Gasteiger partial charge is 0.497 e. The average molecular weight is 399 g/mol. The van der Waals surface area contributed by atoms with E-state index in [1.54, 1.807) is 31.4 Å². The summed E-state index contributed by atoms with van der Waals surface area (Å²) < 4.78 is 5.74. The molecule has 2 amide bonds. The van der Waals surface area contributed by atoms with Gasteiger partial charge in [0.15, 0.2) is 4.32 Å². The summed E-state index contributed by atoms with van der Waals surface area (Å²) in [7, 11) is 1.61. The monoisotopic (exact) mass is 398 g/mol. The number of hydrogen-bond donors (Lipinski definition) is 1. The van der Waals surface area contributed by atoms with Crippen LogP contribution in [0.2, 0.25) is 0 Å². The Labute approximate surface area is 167 Å². The highest BCUT2D eigenvalue weighted by Crippen LogP contribution is 2.39. The van der Waals surface area contributed by atoms with Gasteiger partial charge in [-0.2, -0.15) is 0 Å². The van der Waals surface area contributed by atoms with Gasteiger partial charge in [-0.25, -0.2) is 0 Å². The van der Waals surface area contributed by atoms with Gasteiger partial charge < -0.3 is 10.1 Å². The van der Waals surface area contributed by atoms with Crippen LogP contribution >= 0.6 is 24.0 Å². The van der Waals surface area contributed by atoms with Crippen molar-refractivity contribution < 1.29 is 14.3 Å². The van der Waals surface area contributed by atoms with E-state index in [1.807, 2.05) is 31.2 Å². The highest BCUT2D eigenvalue weighted by atomic mass is 32.2. The lowest BCUT2D eigenvalue weighted by Crippen LogP contribution is -2.27. The number of methoxy groups -OCH3 is 1. The van der Waals surface area contributed by atoms with Crippen LogP contribution in [0.15, 0.2) is 53.4 Å². The summed E-state index contributed by atoms with van der Waals surface area (Å²) in [5.74, 6) is 0.429. The maximum atomic E-state index is 13.0. The summed E-state index contributed by atoms with van der Waals surface area (Å²) in [4.78, 5) is 26.3. The minimum absolute atomic E-state index is 0.148. The second kappa shape index (κ2) is 7.94. The Morgan fingerprint density at radius 2 is 1.85 bits per heavy atom. The second-order valence-corrected chi connectivity index (χ2v) is 7.57. The third-order valence-electron chi connectivity index (χ3n) is 4.06. The van der Waals surface area contributed by atoms with Gasteiger partial charge in [-0.05, 0) is 54.5 Å². The van der Waals surface area contributed by atoms with Gasteiger partial charge in [0.2, 0.25) is 5.91 Å². The van der Waals surface area contributed by atoms with Crippen molar-refractivity contribution in [3.05, 3.63) is 59.0 Å². The number of anilines is 2. The maximum absolute atomic E-state index is 13.0. The molecular weight excluding hydrogens is 380 g/mol. The molecule has 0 atom stereocenters. The van der Waals surface area contributed by atoms with E-state index in [-0.39, 0.29) is 11.8 Å².